The van der Waals surface area contributed by atoms with Crippen molar-refractivity contribution in [2.45, 2.75) is 11.8 Å². The molecule has 150 valence electrons. The van der Waals surface area contributed by atoms with Crippen LogP contribution in [-0.2, 0) is 14.8 Å². The lowest BCUT2D eigenvalue weighted by Gasteiger charge is -2.35. The van der Waals surface area contributed by atoms with Gasteiger partial charge in [0.1, 0.15) is 6.54 Å². The Balaban J connectivity index is 1.88. The van der Waals surface area contributed by atoms with Gasteiger partial charge in [0.2, 0.25) is 5.91 Å². The Morgan fingerprint density at radius 3 is 2.32 bits per heavy atom. The van der Waals surface area contributed by atoms with Crippen LogP contribution in [0, 0.1) is 0 Å². The zero-order valence-corrected chi connectivity index (χ0v) is 17.4. The number of rotatable bonds is 6. The minimum absolute atomic E-state index is 0.138. The maximum absolute atomic E-state index is 13.3. The monoisotopic (exact) mass is 421 g/mol. The van der Waals surface area contributed by atoms with E-state index in [1.165, 1.54) is 12.1 Å². The number of anilines is 1. The highest BCUT2D eigenvalue weighted by atomic mass is 35.5. The molecule has 0 aromatic heterocycles. The number of carbonyl (C=O) groups excluding carboxylic acids is 1. The number of sulfonamides is 1. The number of nitrogens with zero attached hydrogens (tertiary/aromatic N) is 3. The molecule has 2 aromatic carbocycles. The molecule has 1 heterocycles. The Morgan fingerprint density at radius 2 is 1.71 bits per heavy atom. The highest BCUT2D eigenvalue weighted by molar-refractivity contribution is 7.92. The van der Waals surface area contributed by atoms with Gasteiger partial charge in [-0.2, -0.15) is 0 Å². The van der Waals surface area contributed by atoms with Gasteiger partial charge in [0, 0.05) is 31.2 Å². The van der Waals surface area contributed by atoms with E-state index in [-0.39, 0.29) is 17.3 Å². The number of hydrogen-bond acceptors (Lipinski definition) is 4. The molecule has 0 N–H and O–H groups in total. The maximum atomic E-state index is 13.3. The second-order valence-electron chi connectivity index (χ2n) is 6.62. The molecule has 0 aliphatic carbocycles. The molecule has 28 heavy (non-hydrogen) atoms. The maximum Gasteiger partial charge on any atom is 0.264 e. The van der Waals surface area contributed by atoms with Gasteiger partial charge in [-0.3, -0.25) is 9.10 Å². The molecule has 0 radical (unpaired) electrons. The fourth-order valence-electron chi connectivity index (χ4n) is 3.20. The molecular formula is C20H24ClN3O3S. The van der Waals surface area contributed by atoms with Crippen molar-refractivity contribution in [2.24, 2.45) is 0 Å². The Morgan fingerprint density at radius 1 is 1.04 bits per heavy atom. The number of hydrogen-bond donors (Lipinski definition) is 0. The molecule has 6 nitrogen and oxygen atoms in total. The van der Waals surface area contributed by atoms with E-state index in [0.29, 0.717) is 23.8 Å². The van der Waals surface area contributed by atoms with Gasteiger partial charge in [0.05, 0.1) is 10.6 Å². The molecule has 1 fully saturated rings. The van der Waals surface area contributed by atoms with E-state index in [2.05, 4.69) is 11.8 Å². The third-order valence-electron chi connectivity index (χ3n) is 4.88. The van der Waals surface area contributed by atoms with E-state index in [1.807, 2.05) is 0 Å². The molecule has 1 aliphatic rings. The summed E-state index contributed by atoms with van der Waals surface area (Å²) in [4.78, 5) is 17.0. The van der Waals surface area contributed by atoms with E-state index in [4.69, 9.17) is 11.6 Å². The van der Waals surface area contributed by atoms with Gasteiger partial charge in [-0.15, -0.1) is 0 Å². The number of likely N-dealkylation sites (N-methyl/N-ethyl adjacent to an activating group) is 1. The van der Waals surface area contributed by atoms with Crippen molar-refractivity contribution in [3.05, 3.63) is 59.6 Å². The summed E-state index contributed by atoms with van der Waals surface area (Å²) in [5.41, 5.74) is 0.372. The summed E-state index contributed by atoms with van der Waals surface area (Å²) in [6.07, 6.45) is 0. The number of carbonyl (C=O) groups is 1. The van der Waals surface area contributed by atoms with Crippen LogP contribution in [0.4, 0.5) is 5.69 Å². The van der Waals surface area contributed by atoms with Gasteiger partial charge in [0.15, 0.2) is 0 Å². The van der Waals surface area contributed by atoms with Crippen LogP contribution in [0.1, 0.15) is 6.92 Å². The van der Waals surface area contributed by atoms with E-state index in [0.717, 1.165) is 23.9 Å². The highest BCUT2D eigenvalue weighted by Gasteiger charge is 2.30. The lowest BCUT2D eigenvalue weighted by molar-refractivity contribution is -0.131. The zero-order chi connectivity index (χ0) is 20.1. The van der Waals surface area contributed by atoms with Gasteiger partial charge in [-0.1, -0.05) is 42.8 Å². The van der Waals surface area contributed by atoms with Crippen molar-refractivity contribution in [3.8, 4) is 0 Å². The Bertz CT molecular complexity index is 913. The molecule has 8 heteroatoms. The van der Waals surface area contributed by atoms with Gasteiger partial charge in [-0.05, 0) is 36.9 Å². The van der Waals surface area contributed by atoms with Crippen LogP contribution in [-0.4, -0.2) is 63.4 Å². The molecule has 0 atom stereocenters. The summed E-state index contributed by atoms with van der Waals surface area (Å²) >= 11 is 6.08. The van der Waals surface area contributed by atoms with E-state index >= 15 is 0 Å². The second-order valence-corrected chi connectivity index (χ2v) is 8.92. The summed E-state index contributed by atoms with van der Waals surface area (Å²) in [5.74, 6) is -0.213. The average Bonchev–Trinajstić information content (AvgIpc) is 2.72. The summed E-state index contributed by atoms with van der Waals surface area (Å²) in [5, 5.41) is 0.412. The predicted octanol–water partition coefficient (Wildman–Crippen LogP) is 2.70. The molecular weight excluding hydrogens is 398 g/mol. The van der Waals surface area contributed by atoms with E-state index in [1.54, 1.807) is 47.4 Å². The third-order valence-corrected chi connectivity index (χ3v) is 6.90. The molecule has 3 rings (SSSR count). The zero-order valence-electron chi connectivity index (χ0n) is 15.8. The summed E-state index contributed by atoms with van der Waals surface area (Å²) in [7, 11) is -3.90. The number of benzene rings is 2. The number of halogens is 1. The van der Waals surface area contributed by atoms with E-state index < -0.39 is 10.0 Å². The summed E-state index contributed by atoms with van der Waals surface area (Å²) in [6, 6.07) is 14.7. The second kappa shape index (κ2) is 8.94. The van der Waals surface area contributed by atoms with Gasteiger partial charge in [0.25, 0.3) is 10.0 Å². The minimum atomic E-state index is -3.90. The standard InChI is InChI=1S/C20H24ClN3O3S/c1-2-22-11-13-23(14-12-22)20(25)16-24(18-8-6-7-17(21)15-18)28(26,27)19-9-4-3-5-10-19/h3-10,15H,2,11-14,16H2,1H3. The third kappa shape index (κ3) is 4.66. The fourth-order valence-corrected chi connectivity index (χ4v) is 4.81. The van der Waals surface area contributed by atoms with Crippen molar-refractivity contribution in [1.29, 1.82) is 0 Å². The number of amides is 1. The Kier molecular flexibility index (Phi) is 6.59. The highest BCUT2D eigenvalue weighted by Crippen LogP contribution is 2.26. The smallest absolute Gasteiger partial charge is 0.264 e. The first-order valence-electron chi connectivity index (χ1n) is 9.25. The lowest BCUT2D eigenvalue weighted by atomic mass is 10.3. The molecule has 0 bridgehead atoms. The van der Waals surface area contributed by atoms with Crippen LogP contribution >= 0.6 is 11.6 Å². The first-order valence-corrected chi connectivity index (χ1v) is 11.1. The van der Waals surface area contributed by atoms with Crippen LogP contribution in [0.3, 0.4) is 0 Å². The first-order chi connectivity index (χ1) is 13.4. The summed E-state index contributed by atoms with van der Waals surface area (Å²) in [6.45, 7) is 5.56. The normalized spacial score (nSPS) is 15.4. The molecule has 1 saturated heterocycles. The molecule has 1 aliphatic heterocycles. The van der Waals surface area contributed by atoms with E-state index in [9.17, 15) is 13.2 Å². The molecule has 0 saturated carbocycles. The van der Waals surface area contributed by atoms with Gasteiger partial charge >= 0.3 is 0 Å². The van der Waals surface area contributed by atoms with Gasteiger partial charge in [-0.25, -0.2) is 8.42 Å². The van der Waals surface area contributed by atoms with Crippen molar-refractivity contribution in [2.75, 3.05) is 43.6 Å². The van der Waals surface area contributed by atoms with Crippen molar-refractivity contribution in [3.63, 3.8) is 0 Å². The molecule has 0 spiro atoms. The molecule has 0 unspecified atom stereocenters. The Labute approximate surface area is 171 Å². The average molecular weight is 422 g/mol. The lowest BCUT2D eigenvalue weighted by Crippen LogP contribution is -2.51. The van der Waals surface area contributed by atoms with Crippen LogP contribution in [0.5, 0.6) is 0 Å². The number of piperazine rings is 1. The predicted molar refractivity (Wildman–Crippen MR) is 111 cm³/mol. The van der Waals surface area contributed by atoms with Gasteiger partial charge < -0.3 is 9.80 Å². The van der Waals surface area contributed by atoms with Crippen molar-refractivity contribution in [1.82, 2.24) is 9.80 Å². The quantitative estimate of drug-likeness (QED) is 0.719. The van der Waals surface area contributed by atoms with Crippen LogP contribution in [0.15, 0.2) is 59.5 Å². The van der Waals surface area contributed by atoms with Crippen molar-refractivity contribution >= 4 is 33.2 Å². The fraction of sp³-hybridized carbons (Fsp3) is 0.350. The van der Waals surface area contributed by atoms with Crippen LogP contribution in [0.2, 0.25) is 5.02 Å². The van der Waals surface area contributed by atoms with Crippen LogP contribution < -0.4 is 4.31 Å². The molecule has 2 aromatic rings. The van der Waals surface area contributed by atoms with Crippen molar-refractivity contribution < 1.29 is 13.2 Å². The first kappa shape index (κ1) is 20.6. The minimum Gasteiger partial charge on any atom is -0.339 e. The Hall–Kier alpha value is -2.09. The SMILES string of the molecule is CCN1CCN(C(=O)CN(c2cccc(Cl)c2)S(=O)(=O)c2ccccc2)CC1. The van der Waals surface area contributed by atoms with Crippen LogP contribution in [0.25, 0.3) is 0 Å². The largest absolute Gasteiger partial charge is 0.339 e. The summed E-state index contributed by atoms with van der Waals surface area (Å²) < 4.78 is 27.7. The topological polar surface area (TPSA) is 60.9 Å². The molecule has 1 amide bonds.